The van der Waals surface area contributed by atoms with Crippen molar-refractivity contribution < 1.29 is 19.4 Å². The molecule has 0 saturated carbocycles. The molecule has 2 aromatic carbocycles. The molecular weight excluding hydrogens is 416 g/mol. The standard InChI is InChI=1S/C24H21ClN2O4/c1-24-16(12-26)8-15(23(29)18-10-17(25)4-5-20(18)28)13-27(24)7-6-14-9-21(30-2)22(31-3)11-19(14)24/h4-5,8-11,13,28H,6-7H2,1-3H3/t24-/m1/s1. The quantitative estimate of drug-likeness (QED) is 0.717. The van der Waals surface area contributed by atoms with E-state index >= 15 is 0 Å². The Bertz CT molecular complexity index is 1190. The molecule has 0 radical (unpaired) electrons. The van der Waals surface area contributed by atoms with Gasteiger partial charge in [-0.05, 0) is 60.9 Å². The van der Waals surface area contributed by atoms with Crippen molar-refractivity contribution in [1.29, 1.82) is 5.26 Å². The molecule has 0 saturated heterocycles. The van der Waals surface area contributed by atoms with Gasteiger partial charge in [-0.3, -0.25) is 4.79 Å². The van der Waals surface area contributed by atoms with E-state index in [0.29, 0.717) is 40.6 Å². The number of hydrogen-bond donors (Lipinski definition) is 1. The normalized spacial score (nSPS) is 19.4. The van der Waals surface area contributed by atoms with E-state index in [2.05, 4.69) is 6.07 Å². The molecule has 1 N–H and O–H groups in total. The monoisotopic (exact) mass is 436 g/mol. The van der Waals surface area contributed by atoms with Crippen molar-refractivity contribution in [2.24, 2.45) is 0 Å². The van der Waals surface area contributed by atoms with Gasteiger partial charge in [0.1, 0.15) is 5.75 Å². The molecule has 2 aliphatic rings. The fourth-order valence-corrected chi connectivity index (χ4v) is 4.48. The van der Waals surface area contributed by atoms with Crippen molar-refractivity contribution in [3.05, 3.63) is 75.5 Å². The van der Waals surface area contributed by atoms with Crippen LogP contribution in [0.3, 0.4) is 0 Å². The summed E-state index contributed by atoms with van der Waals surface area (Å²) in [5.74, 6) is 0.667. The molecule has 1 atom stereocenters. The van der Waals surface area contributed by atoms with Crippen LogP contribution in [0, 0.1) is 11.3 Å². The Balaban J connectivity index is 1.83. The fourth-order valence-electron chi connectivity index (χ4n) is 4.31. The lowest BCUT2D eigenvalue weighted by molar-refractivity contribution is 0.102. The molecular formula is C24H21ClN2O4. The molecule has 6 nitrogen and oxygen atoms in total. The lowest BCUT2D eigenvalue weighted by atomic mass is 9.74. The van der Waals surface area contributed by atoms with E-state index in [1.54, 1.807) is 26.5 Å². The number of Topliss-reactive ketones (excluding diaryl/α,β-unsaturated/α-hetero) is 1. The summed E-state index contributed by atoms with van der Waals surface area (Å²) in [7, 11) is 3.16. The van der Waals surface area contributed by atoms with E-state index < -0.39 is 11.3 Å². The van der Waals surface area contributed by atoms with Crippen molar-refractivity contribution in [3.8, 4) is 23.3 Å². The second-order valence-electron chi connectivity index (χ2n) is 7.62. The second kappa shape index (κ2) is 7.68. The SMILES string of the molecule is COc1cc2c(cc1OC)[C@@]1(C)C(C#N)=CC(C(=O)c3cc(Cl)ccc3O)=CN1CC2. The highest BCUT2D eigenvalue weighted by Crippen LogP contribution is 2.47. The molecule has 31 heavy (non-hydrogen) atoms. The maximum atomic E-state index is 13.1. The number of halogens is 1. The Morgan fingerprint density at radius 2 is 1.94 bits per heavy atom. The Morgan fingerprint density at radius 3 is 2.61 bits per heavy atom. The number of rotatable bonds is 4. The molecule has 2 heterocycles. The largest absolute Gasteiger partial charge is 0.507 e. The Kier molecular flexibility index (Phi) is 5.16. The molecule has 2 aliphatic heterocycles. The third kappa shape index (κ3) is 3.22. The zero-order chi connectivity index (χ0) is 22.3. The number of benzene rings is 2. The van der Waals surface area contributed by atoms with Gasteiger partial charge in [0.15, 0.2) is 17.3 Å². The fraction of sp³-hybridized carbons (Fsp3) is 0.250. The van der Waals surface area contributed by atoms with Crippen LogP contribution in [0.5, 0.6) is 17.2 Å². The third-order valence-electron chi connectivity index (χ3n) is 6.04. The van der Waals surface area contributed by atoms with Crippen LogP contribution >= 0.6 is 11.6 Å². The van der Waals surface area contributed by atoms with Gasteiger partial charge in [-0.25, -0.2) is 0 Å². The van der Waals surface area contributed by atoms with Crippen LogP contribution in [0.4, 0.5) is 0 Å². The smallest absolute Gasteiger partial charge is 0.198 e. The van der Waals surface area contributed by atoms with Gasteiger partial charge < -0.3 is 19.5 Å². The number of nitrogens with zero attached hydrogens (tertiary/aromatic N) is 2. The third-order valence-corrected chi connectivity index (χ3v) is 6.27. The van der Waals surface area contributed by atoms with Crippen molar-refractivity contribution >= 4 is 17.4 Å². The minimum Gasteiger partial charge on any atom is -0.507 e. The van der Waals surface area contributed by atoms with E-state index in [9.17, 15) is 15.2 Å². The second-order valence-corrected chi connectivity index (χ2v) is 8.06. The number of allylic oxidation sites excluding steroid dienone is 2. The van der Waals surface area contributed by atoms with E-state index in [4.69, 9.17) is 21.1 Å². The number of methoxy groups -OCH3 is 2. The molecule has 2 aromatic rings. The first-order valence-electron chi connectivity index (χ1n) is 9.73. The summed E-state index contributed by atoms with van der Waals surface area (Å²) < 4.78 is 10.9. The van der Waals surface area contributed by atoms with Gasteiger partial charge >= 0.3 is 0 Å². The van der Waals surface area contributed by atoms with Gasteiger partial charge in [-0.1, -0.05) is 11.6 Å². The van der Waals surface area contributed by atoms with Crippen LogP contribution in [0.25, 0.3) is 0 Å². The van der Waals surface area contributed by atoms with Crippen LogP contribution in [0.15, 0.2) is 53.8 Å². The van der Waals surface area contributed by atoms with Gasteiger partial charge in [-0.15, -0.1) is 0 Å². The van der Waals surface area contributed by atoms with Crippen molar-refractivity contribution in [1.82, 2.24) is 4.90 Å². The summed E-state index contributed by atoms with van der Waals surface area (Å²) in [5, 5.41) is 20.5. The average molecular weight is 437 g/mol. The van der Waals surface area contributed by atoms with Crippen molar-refractivity contribution in [3.63, 3.8) is 0 Å². The maximum Gasteiger partial charge on any atom is 0.198 e. The molecule has 0 aromatic heterocycles. The molecule has 0 bridgehead atoms. The first-order chi connectivity index (χ1) is 14.8. The van der Waals surface area contributed by atoms with Crippen LogP contribution in [-0.4, -0.2) is 36.6 Å². The summed E-state index contributed by atoms with van der Waals surface area (Å²) in [5.41, 5.74) is 2.07. The zero-order valence-electron chi connectivity index (χ0n) is 17.4. The van der Waals surface area contributed by atoms with Gasteiger partial charge in [0, 0.05) is 23.3 Å². The highest BCUT2D eigenvalue weighted by molar-refractivity contribution is 6.31. The minimum atomic E-state index is -0.762. The summed E-state index contributed by atoms with van der Waals surface area (Å²) in [4.78, 5) is 15.1. The Labute approximate surface area is 185 Å². The van der Waals surface area contributed by atoms with Crippen molar-refractivity contribution in [2.45, 2.75) is 18.9 Å². The Hall–Kier alpha value is -3.43. The molecule has 0 amide bonds. The number of fused-ring (bicyclic) bond motifs is 3. The van der Waals surface area contributed by atoms with Crippen molar-refractivity contribution in [2.75, 3.05) is 20.8 Å². The molecule has 0 fully saturated rings. The van der Waals surface area contributed by atoms with Crippen LogP contribution in [-0.2, 0) is 12.0 Å². The summed E-state index contributed by atoms with van der Waals surface area (Å²) >= 11 is 6.02. The van der Waals surface area contributed by atoms with Crippen LogP contribution in [0.2, 0.25) is 5.02 Å². The number of phenolic OH excluding ortho intramolecular Hbond substituents is 1. The minimum absolute atomic E-state index is 0.0970. The van der Waals surface area contributed by atoms with E-state index in [0.717, 1.165) is 11.1 Å². The molecule has 0 spiro atoms. The van der Waals surface area contributed by atoms with Crippen LogP contribution < -0.4 is 9.47 Å². The molecule has 0 aliphatic carbocycles. The topological polar surface area (TPSA) is 82.8 Å². The van der Waals surface area contributed by atoms with Gasteiger partial charge in [0.05, 0.1) is 37.0 Å². The average Bonchev–Trinajstić information content (AvgIpc) is 2.78. The highest BCUT2D eigenvalue weighted by Gasteiger charge is 2.44. The zero-order valence-corrected chi connectivity index (χ0v) is 18.2. The first kappa shape index (κ1) is 20.8. The Morgan fingerprint density at radius 1 is 1.23 bits per heavy atom. The van der Waals surface area contributed by atoms with Gasteiger partial charge in [0.25, 0.3) is 0 Å². The lowest BCUT2D eigenvalue weighted by Crippen LogP contribution is -2.48. The van der Waals surface area contributed by atoms with E-state index in [1.165, 1.54) is 18.2 Å². The first-order valence-corrected chi connectivity index (χ1v) is 10.1. The van der Waals surface area contributed by atoms with Crippen LogP contribution in [0.1, 0.15) is 28.4 Å². The number of aromatic hydroxyl groups is 1. The molecule has 158 valence electrons. The lowest BCUT2D eigenvalue weighted by Gasteiger charge is -2.47. The number of nitriles is 1. The number of hydrogen-bond acceptors (Lipinski definition) is 6. The number of carbonyl (C=O) groups excluding carboxylic acids is 1. The highest BCUT2D eigenvalue weighted by atomic mass is 35.5. The molecule has 0 unspecified atom stereocenters. The maximum absolute atomic E-state index is 13.1. The summed E-state index contributed by atoms with van der Waals surface area (Å²) in [6.07, 6.45) is 4.05. The number of phenols is 1. The molecule has 7 heteroatoms. The van der Waals surface area contributed by atoms with E-state index in [1.807, 2.05) is 24.0 Å². The summed E-state index contributed by atoms with van der Waals surface area (Å²) in [6, 6.07) is 10.4. The number of ether oxygens (including phenoxy) is 2. The molecule has 4 rings (SSSR count). The van der Waals surface area contributed by atoms with E-state index in [-0.39, 0.29) is 11.3 Å². The van der Waals surface area contributed by atoms with Gasteiger partial charge in [-0.2, -0.15) is 5.26 Å². The van der Waals surface area contributed by atoms with Gasteiger partial charge in [0.2, 0.25) is 0 Å². The number of carbonyl (C=O) groups is 1. The predicted molar refractivity (Wildman–Crippen MR) is 117 cm³/mol. The predicted octanol–water partition coefficient (Wildman–Crippen LogP) is 4.37. The summed E-state index contributed by atoms with van der Waals surface area (Å²) in [6.45, 7) is 2.57. The number of ketones is 1.